The molecule has 0 unspecified atom stereocenters. The van der Waals surface area contributed by atoms with Crippen LogP contribution in [0.25, 0.3) is 17.1 Å². The second-order valence-electron chi connectivity index (χ2n) is 9.29. The maximum absolute atomic E-state index is 12.8. The Labute approximate surface area is 210 Å². The lowest BCUT2D eigenvalue weighted by molar-refractivity contribution is -0.187. The van der Waals surface area contributed by atoms with Crippen LogP contribution >= 0.6 is 11.8 Å². The van der Waals surface area contributed by atoms with Gasteiger partial charge in [0.1, 0.15) is 0 Å². The Kier molecular flexibility index (Phi) is 7.22. The molecule has 1 amide bonds. The molecule has 0 N–H and O–H groups in total. The molecule has 5 rings (SSSR count). The third-order valence-electron chi connectivity index (χ3n) is 6.66. The van der Waals surface area contributed by atoms with Crippen molar-refractivity contribution in [2.75, 3.05) is 32.1 Å². The lowest BCUT2D eigenvalue weighted by Gasteiger charge is -2.37. The average Bonchev–Trinajstić information content (AvgIpc) is 3.50. The molecular formula is C27H32N4O3S. The molecule has 2 aromatic carbocycles. The van der Waals surface area contributed by atoms with Crippen molar-refractivity contribution in [1.82, 2.24) is 19.7 Å². The van der Waals surface area contributed by atoms with Crippen LogP contribution in [0.5, 0.6) is 0 Å². The van der Waals surface area contributed by atoms with Gasteiger partial charge in [0.15, 0.2) is 16.8 Å². The molecule has 2 aliphatic rings. The van der Waals surface area contributed by atoms with E-state index in [0.717, 1.165) is 47.2 Å². The summed E-state index contributed by atoms with van der Waals surface area (Å²) >= 11 is 1.65. The molecule has 2 aliphatic heterocycles. The van der Waals surface area contributed by atoms with Crippen LogP contribution in [0.2, 0.25) is 0 Å². The predicted octanol–water partition coefficient (Wildman–Crippen LogP) is 4.79. The summed E-state index contributed by atoms with van der Waals surface area (Å²) < 4.78 is 13.7. The first kappa shape index (κ1) is 24.0. The molecule has 35 heavy (non-hydrogen) atoms. The average molecular weight is 493 g/mol. The van der Waals surface area contributed by atoms with Crippen molar-refractivity contribution in [2.24, 2.45) is 0 Å². The summed E-state index contributed by atoms with van der Waals surface area (Å²) in [6.45, 7) is 6.89. The summed E-state index contributed by atoms with van der Waals surface area (Å²) in [4.78, 5) is 14.7. The van der Waals surface area contributed by atoms with Crippen LogP contribution in [0, 0.1) is 13.8 Å². The van der Waals surface area contributed by atoms with Gasteiger partial charge < -0.3 is 14.4 Å². The molecule has 0 radical (unpaired) electrons. The zero-order valence-corrected chi connectivity index (χ0v) is 21.2. The zero-order chi connectivity index (χ0) is 24.3. The van der Waals surface area contributed by atoms with Gasteiger partial charge in [0.05, 0.1) is 13.2 Å². The summed E-state index contributed by atoms with van der Waals surface area (Å²) in [6.07, 6.45) is 2.84. The van der Waals surface area contributed by atoms with Gasteiger partial charge in [-0.25, -0.2) is 0 Å². The maximum Gasteiger partial charge on any atom is 0.222 e. The van der Waals surface area contributed by atoms with Gasteiger partial charge in [-0.2, -0.15) is 0 Å². The van der Waals surface area contributed by atoms with Crippen molar-refractivity contribution >= 4 is 17.7 Å². The van der Waals surface area contributed by atoms with Gasteiger partial charge in [-0.05, 0) is 38.0 Å². The first-order valence-electron chi connectivity index (χ1n) is 12.3. The molecule has 7 nitrogen and oxygen atoms in total. The fourth-order valence-corrected chi connectivity index (χ4v) is 5.57. The number of likely N-dealkylation sites (tertiary alicyclic amines) is 1. The van der Waals surface area contributed by atoms with E-state index in [9.17, 15) is 4.79 Å². The number of amides is 1. The quantitative estimate of drug-likeness (QED) is 0.349. The summed E-state index contributed by atoms with van der Waals surface area (Å²) in [5.41, 5.74) is 4.47. The van der Waals surface area contributed by atoms with Crippen molar-refractivity contribution in [3.05, 3.63) is 59.7 Å². The second kappa shape index (κ2) is 10.5. The molecule has 3 aromatic rings. The van der Waals surface area contributed by atoms with E-state index in [1.807, 2.05) is 4.90 Å². The fraction of sp³-hybridized carbons (Fsp3) is 0.444. The monoisotopic (exact) mass is 492 g/mol. The number of thioether (sulfide) groups is 1. The van der Waals surface area contributed by atoms with E-state index in [4.69, 9.17) is 9.47 Å². The number of rotatable bonds is 7. The molecule has 3 heterocycles. The van der Waals surface area contributed by atoms with Gasteiger partial charge >= 0.3 is 0 Å². The third-order valence-corrected chi connectivity index (χ3v) is 7.68. The minimum Gasteiger partial charge on any atom is -0.347 e. The van der Waals surface area contributed by atoms with E-state index in [2.05, 4.69) is 77.1 Å². The Morgan fingerprint density at radius 2 is 1.74 bits per heavy atom. The highest BCUT2D eigenvalue weighted by Gasteiger charge is 2.40. The van der Waals surface area contributed by atoms with Crippen molar-refractivity contribution in [2.45, 2.75) is 50.5 Å². The van der Waals surface area contributed by atoms with Crippen LogP contribution < -0.4 is 0 Å². The second-order valence-corrected chi connectivity index (χ2v) is 10.3. The van der Waals surface area contributed by atoms with Gasteiger partial charge in [-0.15, -0.1) is 10.2 Å². The largest absolute Gasteiger partial charge is 0.347 e. The van der Waals surface area contributed by atoms with Crippen LogP contribution in [-0.4, -0.2) is 63.4 Å². The zero-order valence-electron chi connectivity index (χ0n) is 20.4. The molecule has 0 saturated carbocycles. The van der Waals surface area contributed by atoms with Crippen molar-refractivity contribution < 1.29 is 14.3 Å². The molecule has 2 saturated heterocycles. The fourth-order valence-electron chi connectivity index (χ4n) is 4.68. The van der Waals surface area contributed by atoms with Crippen molar-refractivity contribution in [1.29, 1.82) is 0 Å². The molecule has 0 atom stereocenters. The van der Waals surface area contributed by atoms with E-state index in [1.165, 1.54) is 11.1 Å². The number of ether oxygens (including phenoxy) is 2. The van der Waals surface area contributed by atoms with Crippen LogP contribution in [-0.2, 0) is 14.3 Å². The highest BCUT2D eigenvalue weighted by atomic mass is 32.2. The number of nitrogens with zero attached hydrogens (tertiary/aromatic N) is 4. The summed E-state index contributed by atoms with van der Waals surface area (Å²) in [5, 5.41) is 9.90. The molecule has 0 aliphatic carbocycles. The number of carbonyl (C=O) groups excluding carboxylic acids is 1. The number of benzene rings is 2. The number of carbonyl (C=O) groups is 1. The third kappa shape index (κ3) is 5.44. The number of hydrogen-bond acceptors (Lipinski definition) is 6. The molecule has 8 heteroatoms. The Morgan fingerprint density at radius 3 is 2.46 bits per heavy atom. The topological polar surface area (TPSA) is 69.5 Å². The highest BCUT2D eigenvalue weighted by molar-refractivity contribution is 7.99. The van der Waals surface area contributed by atoms with E-state index in [1.54, 1.807) is 11.8 Å². The van der Waals surface area contributed by atoms with Crippen LogP contribution in [0.3, 0.4) is 0 Å². The Hall–Kier alpha value is -2.68. The van der Waals surface area contributed by atoms with Crippen molar-refractivity contribution in [3.8, 4) is 17.1 Å². The SMILES string of the molecule is Cc1ccc(-c2nnc(SCCCC(=O)N3CCC4(CC3)OCCO4)n2-c2cccc(C)c2)cc1. The van der Waals surface area contributed by atoms with Crippen molar-refractivity contribution in [3.63, 3.8) is 0 Å². The predicted molar refractivity (Wildman–Crippen MR) is 137 cm³/mol. The molecule has 2 fully saturated rings. The standard InChI is InChI=1S/C27H32N4O3S/c1-20-8-10-22(11-9-20)25-28-29-26(31(25)23-6-3-5-21(2)19-23)35-18-4-7-24(32)30-14-12-27(13-15-30)33-16-17-34-27/h3,5-6,8-11,19H,4,7,12-18H2,1-2H3. The van der Waals surface area contributed by atoms with Gasteiger partial charge in [-0.3, -0.25) is 9.36 Å². The maximum atomic E-state index is 12.8. The van der Waals surface area contributed by atoms with Gasteiger partial charge in [-0.1, -0.05) is 53.7 Å². The molecule has 1 spiro atoms. The molecule has 1 aromatic heterocycles. The Balaban J connectivity index is 1.22. The minimum atomic E-state index is -0.443. The van der Waals surface area contributed by atoms with E-state index in [0.29, 0.717) is 32.7 Å². The van der Waals surface area contributed by atoms with E-state index in [-0.39, 0.29) is 5.91 Å². The molecular weight excluding hydrogens is 460 g/mol. The number of aryl methyl sites for hydroxylation is 2. The molecule has 184 valence electrons. The van der Waals surface area contributed by atoms with Gasteiger partial charge in [0, 0.05) is 49.4 Å². The smallest absolute Gasteiger partial charge is 0.222 e. The normalized spacial score (nSPS) is 17.3. The van der Waals surface area contributed by atoms with Crippen LogP contribution in [0.15, 0.2) is 53.7 Å². The minimum absolute atomic E-state index is 0.207. The summed E-state index contributed by atoms with van der Waals surface area (Å²) in [6, 6.07) is 16.7. The van der Waals surface area contributed by atoms with Crippen LogP contribution in [0.4, 0.5) is 0 Å². The first-order valence-corrected chi connectivity index (χ1v) is 13.3. The van der Waals surface area contributed by atoms with Gasteiger partial charge in [0.25, 0.3) is 0 Å². The first-order chi connectivity index (χ1) is 17.0. The van der Waals surface area contributed by atoms with Crippen LogP contribution in [0.1, 0.15) is 36.8 Å². The number of aromatic nitrogens is 3. The lowest BCUT2D eigenvalue weighted by Crippen LogP contribution is -2.47. The lowest BCUT2D eigenvalue weighted by atomic mass is 10.0. The van der Waals surface area contributed by atoms with E-state index >= 15 is 0 Å². The Morgan fingerprint density at radius 1 is 1.00 bits per heavy atom. The summed E-state index contributed by atoms with van der Waals surface area (Å²) in [7, 11) is 0. The number of piperidine rings is 1. The van der Waals surface area contributed by atoms with E-state index < -0.39 is 5.79 Å². The molecule has 0 bridgehead atoms. The highest BCUT2D eigenvalue weighted by Crippen LogP contribution is 2.32. The van der Waals surface area contributed by atoms with Gasteiger partial charge in [0.2, 0.25) is 5.91 Å². The number of hydrogen-bond donors (Lipinski definition) is 0. The Bertz CT molecular complexity index is 1160. The summed E-state index contributed by atoms with van der Waals surface area (Å²) in [5.74, 6) is 1.39.